The van der Waals surface area contributed by atoms with Crippen molar-refractivity contribution < 1.29 is 4.92 Å². The van der Waals surface area contributed by atoms with E-state index in [2.05, 4.69) is 5.32 Å². The Morgan fingerprint density at radius 3 is 2.68 bits per heavy atom. The summed E-state index contributed by atoms with van der Waals surface area (Å²) < 4.78 is 0. The van der Waals surface area contributed by atoms with Crippen LogP contribution in [0.3, 0.4) is 0 Å². The van der Waals surface area contributed by atoms with Gasteiger partial charge in [-0.2, -0.15) is 0 Å². The summed E-state index contributed by atoms with van der Waals surface area (Å²) in [6.07, 6.45) is 1.97. The average Bonchev–Trinajstić information content (AvgIpc) is 2.38. The molecule has 0 aliphatic heterocycles. The summed E-state index contributed by atoms with van der Waals surface area (Å²) in [5.41, 5.74) is 6.88. The van der Waals surface area contributed by atoms with Crippen LogP contribution < -0.4 is 11.1 Å². The predicted octanol–water partition coefficient (Wildman–Crippen LogP) is 3.64. The first-order valence-electron chi connectivity index (χ1n) is 5.56. The Labute approximate surface area is 115 Å². The first-order valence-corrected chi connectivity index (χ1v) is 6.78. The van der Waals surface area contributed by atoms with Gasteiger partial charge in [0, 0.05) is 10.6 Å². The van der Waals surface area contributed by atoms with Crippen molar-refractivity contribution in [3.05, 3.63) is 52.6 Å². The van der Waals surface area contributed by atoms with Gasteiger partial charge in [0.25, 0.3) is 0 Å². The molecule has 2 aromatic rings. The molecular formula is C13H13N3O2S. The van der Waals surface area contributed by atoms with E-state index in [0.29, 0.717) is 5.69 Å². The summed E-state index contributed by atoms with van der Waals surface area (Å²) in [5.74, 6) is 0. The number of hydrogen-bond donors (Lipinski definition) is 2. The molecule has 5 nitrogen and oxygen atoms in total. The van der Waals surface area contributed by atoms with E-state index in [-0.39, 0.29) is 11.4 Å². The number of thioether (sulfide) groups is 1. The van der Waals surface area contributed by atoms with Crippen molar-refractivity contribution in [3.8, 4) is 0 Å². The molecule has 0 atom stereocenters. The molecule has 0 unspecified atom stereocenters. The van der Waals surface area contributed by atoms with Crippen LogP contribution in [0, 0.1) is 10.1 Å². The van der Waals surface area contributed by atoms with E-state index in [1.165, 1.54) is 6.07 Å². The third-order valence-electron chi connectivity index (χ3n) is 2.60. The van der Waals surface area contributed by atoms with Crippen molar-refractivity contribution in [1.82, 2.24) is 0 Å². The van der Waals surface area contributed by atoms with Crippen molar-refractivity contribution in [3.63, 3.8) is 0 Å². The third kappa shape index (κ3) is 2.97. The Morgan fingerprint density at radius 2 is 2.00 bits per heavy atom. The average molecular weight is 275 g/mol. The molecule has 0 aliphatic rings. The number of nitrogen functional groups attached to an aromatic ring is 1. The number of nitro benzene ring substituents is 1. The largest absolute Gasteiger partial charge is 0.393 e. The SMILES string of the molecule is CSc1cccc(Nc2cccc(N)c2[N+](=O)[O-])c1. The first-order chi connectivity index (χ1) is 9.11. The van der Waals surface area contributed by atoms with E-state index in [1.54, 1.807) is 23.9 Å². The highest BCUT2D eigenvalue weighted by Gasteiger charge is 2.17. The minimum atomic E-state index is -0.476. The molecule has 2 rings (SSSR count). The fourth-order valence-electron chi connectivity index (χ4n) is 1.72. The molecule has 0 spiro atoms. The Hall–Kier alpha value is -2.21. The highest BCUT2D eigenvalue weighted by Crippen LogP contribution is 2.33. The van der Waals surface area contributed by atoms with Crippen LogP contribution in [0.2, 0.25) is 0 Å². The van der Waals surface area contributed by atoms with Gasteiger partial charge < -0.3 is 11.1 Å². The number of benzene rings is 2. The molecule has 98 valence electrons. The fourth-order valence-corrected chi connectivity index (χ4v) is 2.18. The maximum atomic E-state index is 11.0. The smallest absolute Gasteiger partial charge is 0.315 e. The molecule has 19 heavy (non-hydrogen) atoms. The van der Waals surface area contributed by atoms with Gasteiger partial charge in [0.2, 0.25) is 0 Å². The van der Waals surface area contributed by atoms with Gasteiger partial charge in [0.15, 0.2) is 0 Å². The van der Waals surface area contributed by atoms with E-state index in [1.807, 2.05) is 30.5 Å². The Bertz CT molecular complexity index is 617. The zero-order valence-corrected chi connectivity index (χ0v) is 11.1. The van der Waals surface area contributed by atoms with Crippen LogP contribution in [-0.2, 0) is 0 Å². The highest BCUT2D eigenvalue weighted by molar-refractivity contribution is 7.98. The number of nitrogens with zero attached hydrogens (tertiary/aromatic N) is 1. The molecule has 0 aliphatic carbocycles. The Morgan fingerprint density at radius 1 is 1.26 bits per heavy atom. The molecule has 0 saturated heterocycles. The van der Waals surface area contributed by atoms with Gasteiger partial charge in [0.1, 0.15) is 11.4 Å². The third-order valence-corrected chi connectivity index (χ3v) is 3.32. The van der Waals surface area contributed by atoms with Gasteiger partial charge >= 0.3 is 5.69 Å². The second-order valence-electron chi connectivity index (χ2n) is 3.86. The first kappa shape index (κ1) is 13.2. The number of rotatable bonds is 4. The molecule has 3 N–H and O–H groups in total. The molecule has 0 fully saturated rings. The monoisotopic (exact) mass is 275 g/mol. The molecule has 0 saturated carbocycles. The van der Waals surface area contributed by atoms with Crippen molar-refractivity contribution in [2.75, 3.05) is 17.3 Å². The Balaban J connectivity index is 2.38. The molecule has 0 amide bonds. The van der Waals surface area contributed by atoms with Crippen LogP contribution in [0.4, 0.5) is 22.7 Å². The Kier molecular flexibility index (Phi) is 3.91. The van der Waals surface area contributed by atoms with Crippen molar-refractivity contribution in [1.29, 1.82) is 0 Å². The summed E-state index contributed by atoms with van der Waals surface area (Å²) >= 11 is 1.61. The van der Waals surface area contributed by atoms with E-state index < -0.39 is 4.92 Å². The van der Waals surface area contributed by atoms with Crippen LogP contribution in [0.1, 0.15) is 0 Å². The summed E-state index contributed by atoms with van der Waals surface area (Å²) in [4.78, 5) is 11.6. The zero-order chi connectivity index (χ0) is 13.8. The second-order valence-corrected chi connectivity index (χ2v) is 4.74. The number of nitro groups is 1. The highest BCUT2D eigenvalue weighted by atomic mass is 32.2. The van der Waals surface area contributed by atoms with Crippen LogP contribution in [-0.4, -0.2) is 11.2 Å². The van der Waals surface area contributed by atoms with E-state index in [0.717, 1.165) is 10.6 Å². The molecule has 0 heterocycles. The normalized spacial score (nSPS) is 10.2. The number of hydrogen-bond acceptors (Lipinski definition) is 5. The molecule has 6 heteroatoms. The molecule has 0 bridgehead atoms. The quantitative estimate of drug-likeness (QED) is 0.385. The lowest BCUT2D eigenvalue weighted by molar-refractivity contribution is -0.383. The second kappa shape index (κ2) is 5.62. The predicted molar refractivity (Wildman–Crippen MR) is 79.0 cm³/mol. The van der Waals surface area contributed by atoms with Crippen molar-refractivity contribution in [2.45, 2.75) is 4.90 Å². The van der Waals surface area contributed by atoms with Crippen molar-refractivity contribution >= 4 is 34.5 Å². The van der Waals surface area contributed by atoms with Gasteiger partial charge in [-0.05, 0) is 36.6 Å². The maximum Gasteiger partial charge on any atom is 0.315 e. The van der Waals surface area contributed by atoms with E-state index in [4.69, 9.17) is 5.73 Å². The van der Waals surface area contributed by atoms with E-state index in [9.17, 15) is 10.1 Å². The minimum Gasteiger partial charge on any atom is -0.393 e. The topological polar surface area (TPSA) is 81.2 Å². The number of para-hydroxylation sites is 1. The summed E-state index contributed by atoms with van der Waals surface area (Å²) in [6, 6.07) is 12.5. The van der Waals surface area contributed by atoms with Crippen molar-refractivity contribution in [2.24, 2.45) is 0 Å². The summed E-state index contributed by atoms with van der Waals surface area (Å²) in [7, 11) is 0. The van der Waals surface area contributed by atoms with Gasteiger partial charge in [-0.25, -0.2) is 0 Å². The standard InChI is InChI=1S/C13H13N3O2S/c1-19-10-5-2-4-9(8-10)15-12-7-3-6-11(14)13(12)16(17)18/h2-8,15H,14H2,1H3. The number of nitrogens with two attached hydrogens (primary N) is 1. The van der Waals surface area contributed by atoms with Crippen LogP contribution in [0.25, 0.3) is 0 Å². The lowest BCUT2D eigenvalue weighted by atomic mass is 10.2. The van der Waals surface area contributed by atoms with Gasteiger partial charge in [-0.1, -0.05) is 12.1 Å². The number of nitrogens with one attached hydrogen (secondary N) is 1. The maximum absolute atomic E-state index is 11.0. The van der Waals surface area contributed by atoms with E-state index >= 15 is 0 Å². The minimum absolute atomic E-state index is 0.0999. The van der Waals surface area contributed by atoms with Gasteiger partial charge in [-0.3, -0.25) is 10.1 Å². The molecule has 2 aromatic carbocycles. The summed E-state index contributed by atoms with van der Waals surface area (Å²) in [6.45, 7) is 0. The lowest BCUT2D eigenvalue weighted by Gasteiger charge is -2.09. The molecule has 0 aromatic heterocycles. The zero-order valence-electron chi connectivity index (χ0n) is 10.3. The number of anilines is 3. The fraction of sp³-hybridized carbons (Fsp3) is 0.0769. The molecule has 0 radical (unpaired) electrons. The van der Waals surface area contributed by atoms with Gasteiger partial charge in [0.05, 0.1) is 4.92 Å². The molecular weight excluding hydrogens is 262 g/mol. The van der Waals surface area contributed by atoms with Gasteiger partial charge in [-0.15, -0.1) is 11.8 Å². The van der Waals surface area contributed by atoms with Crippen LogP contribution in [0.5, 0.6) is 0 Å². The lowest BCUT2D eigenvalue weighted by Crippen LogP contribution is -2.00. The van der Waals surface area contributed by atoms with Crippen LogP contribution in [0.15, 0.2) is 47.4 Å². The van der Waals surface area contributed by atoms with Crippen LogP contribution >= 0.6 is 11.8 Å². The summed E-state index contributed by atoms with van der Waals surface area (Å²) in [5, 5.41) is 14.1.